The van der Waals surface area contributed by atoms with Crippen LogP contribution in [-0.2, 0) is 42.7 Å². The zero-order chi connectivity index (χ0) is 56.1. The summed E-state index contributed by atoms with van der Waals surface area (Å²) in [6.45, 7) is -2.33. The molecule has 0 spiro atoms. The van der Waals surface area contributed by atoms with E-state index in [1.807, 2.05) is 0 Å². The molecule has 0 aromatic heterocycles. The first-order valence-corrected chi connectivity index (χ1v) is 23.9. The number of ether oxygens (including phenoxy) is 10. The van der Waals surface area contributed by atoms with E-state index in [1.165, 1.54) is 86.0 Å². The molecule has 4 heterocycles. The fourth-order valence-corrected chi connectivity index (χ4v) is 8.59. The Balaban J connectivity index is 1.10. The number of carbonyl (C=O) groups is 2. The van der Waals surface area contributed by atoms with E-state index < -0.39 is 147 Å². The smallest absolute Gasteiger partial charge is 0.330 e. The molecule has 0 saturated carbocycles. The van der Waals surface area contributed by atoms with Gasteiger partial charge in [-0.25, -0.2) is 9.59 Å². The number of methoxy groups -OCH3 is 1. The van der Waals surface area contributed by atoms with E-state index in [-0.39, 0.29) is 45.6 Å². The lowest BCUT2D eigenvalue weighted by molar-refractivity contribution is -0.364. The van der Waals surface area contributed by atoms with Crippen LogP contribution < -0.4 is 9.47 Å². The summed E-state index contributed by atoms with van der Waals surface area (Å²) in [6.07, 6.45) is -23.6. The first-order valence-electron chi connectivity index (χ1n) is 23.9. The van der Waals surface area contributed by atoms with Gasteiger partial charge in [-0.15, -0.1) is 0 Å². The lowest BCUT2D eigenvalue weighted by Gasteiger charge is -2.46. The zero-order valence-corrected chi connectivity index (χ0v) is 40.9. The van der Waals surface area contributed by atoms with Crippen molar-refractivity contribution in [3.63, 3.8) is 0 Å². The maximum Gasteiger partial charge on any atom is 0.330 e. The summed E-state index contributed by atoms with van der Waals surface area (Å²) in [5.74, 6) is -3.91. The summed E-state index contributed by atoms with van der Waals surface area (Å²) in [4.78, 5) is 25.8. The molecular weight excluding hydrogens is 1040 g/mol. The number of aromatic hydroxyl groups is 6. The van der Waals surface area contributed by atoms with Gasteiger partial charge in [0.05, 0.1) is 25.3 Å². The third-order valence-electron chi connectivity index (χ3n) is 12.9. The predicted molar refractivity (Wildman–Crippen MR) is 261 cm³/mol. The molecule has 15 N–H and O–H groups in total. The van der Waals surface area contributed by atoms with E-state index in [0.29, 0.717) is 11.1 Å². The molecule has 26 nitrogen and oxygen atoms in total. The van der Waals surface area contributed by atoms with Crippen LogP contribution in [0.1, 0.15) is 28.4 Å². The van der Waals surface area contributed by atoms with Crippen molar-refractivity contribution in [1.82, 2.24) is 0 Å². The Morgan fingerprint density at radius 2 is 1.13 bits per heavy atom. The van der Waals surface area contributed by atoms with E-state index in [0.717, 1.165) is 24.3 Å². The molecule has 4 aromatic rings. The number of phenolic OH excluding ortho intramolecular Hbond substituents is 5. The second-order valence-electron chi connectivity index (χ2n) is 18.2. The maximum atomic E-state index is 13.0. The van der Waals surface area contributed by atoms with Gasteiger partial charge in [-0.05, 0) is 71.8 Å². The Kier molecular flexibility index (Phi) is 17.9. The van der Waals surface area contributed by atoms with Gasteiger partial charge in [0.25, 0.3) is 11.9 Å². The van der Waals surface area contributed by atoms with Crippen LogP contribution in [0.5, 0.6) is 46.0 Å². The van der Waals surface area contributed by atoms with Gasteiger partial charge in [-0.2, -0.15) is 0 Å². The topological polar surface area (TPSA) is 413 Å². The minimum atomic E-state index is -2.12. The molecule has 3 saturated heterocycles. The first kappa shape index (κ1) is 56.9. The molecule has 4 aliphatic heterocycles. The second kappa shape index (κ2) is 24.6. The molecule has 3 fully saturated rings. The summed E-state index contributed by atoms with van der Waals surface area (Å²) in [5, 5.41) is 149. The van der Waals surface area contributed by atoms with Gasteiger partial charge in [-0.1, -0.05) is 12.1 Å². The van der Waals surface area contributed by atoms with Gasteiger partial charge >= 0.3 is 11.9 Å². The number of carbonyl (C=O) groups excluding carboxylic acids is 2. The summed E-state index contributed by atoms with van der Waals surface area (Å²) in [5.41, 5.74) is 1.03. The van der Waals surface area contributed by atoms with E-state index in [2.05, 4.69) is 0 Å². The lowest BCUT2D eigenvalue weighted by Crippen LogP contribution is -2.64. The van der Waals surface area contributed by atoms with E-state index in [9.17, 15) is 81.1 Å². The molecule has 0 amide bonds. The molecule has 0 aliphatic carbocycles. The third-order valence-corrected chi connectivity index (χ3v) is 12.9. The number of esters is 2. The number of benzene rings is 4. The van der Waals surface area contributed by atoms with Gasteiger partial charge in [0.15, 0.2) is 41.2 Å². The van der Waals surface area contributed by atoms with E-state index >= 15 is 0 Å². The van der Waals surface area contributed by atoms with Crippen LogP contribution in [0.3, 0.4) is 0 Å². The van der Waals surface area contributed by atoms with Crippen LogP contribution in [-0.4, -0.2) is 207 Å². The van der Waals surface area contributed by atoms with Crippen LogP contribution in [0.4, 0.5) is 0 Å². The third kappa shape index (κ3) is 12.8. The van der Waals surface area contributed by atoms with Crippen molar-refractivity contribution >= 4 is 30.2 Å². The highest BCUT2D eigenvalue weighted by Gasteiger charge is 2.53. The van der Waals surface area contributed by atoms with Crippen molar-refractivity contribution in [3.05, 3.63) is 113 Å². The van der Waals surface area contributed by atoms with Crippen molar-refractivity contribution < 1.29 is 128 Å². The molecule has 0 radical (unpaired) electrons. The van der Waals surface area contributed by atoms with Crippen molar-refractivity contribution in [3.8, 4) is 46.0 Å². The Morgan fingerprint density at radius 3 is 1.74 bits per heavy atom. The van der Waals surface area contributed by atoms with E-state index in [4.69, 9.17) is 47.4 Å². The average Bonchev–Trinajstić information content (AvgIpc) is 3.49. The minimum absolute atomic E-state index is 0.00348. The first-order chi connectivity index (χ1) is 37.2. The van der Waals surface area contributed by atoms with Crippen LogP contribution in [0.25, 0.3) is 18.2 Å². The average molecular weight is 1100 g/mol. The van der Waals surface area contributed by atoms with Gasteiger partial charge in [0.1, 0.15) is 103 Å². The van der Waals surface area contributed by atoms with Crippen LogP contribution >= 0.6 is 0 Å². The number of hydrogen-bond donors (Lipinski definition) is 14. The Labute approximate surface area is 441 Å². The number of rotatable bonds is 17. The fourth-order valence-electron chi connectivity index (χ4n) is 8.59. The molecule has 420 valence electrons. The van der Waals surface area contributed by atoms with Gasteiger partial charge in [0.2, 0.25) is 12.6 Å². The molecule has 4 aliphatic rings. The molecule has 4 aromatic carbocycles. The summed E-state index contributed by atoms with van der Waals surface area (Å²) in [6, 6.07) is 15.8. The molecule has 8 rings (SSSR count). The van der Waals surface area contributed by atoms with E-state index in [1.54, 1.807) is 0 Å². The SMILES string of the molecule is COc1cc(/C=C/C(=O)OC[C@H]2O[C@@H](OC3=Cc4c(O[C@@H]5O[C@H](CO)[C@@H](O)[C@H](O)[C@H]5O)cc(O)cc4[OH+]C3c3ccc(O)cc3)[C@H](O[C@@H]3O[C@H](COC(=O)/C=C/c4ccc(O)c(O)c4)[C@@H](O)[C@H](O)[C@H]3O)[C@@H](O)[C@@H]2O)ccc1O. The number of fused-ring (bicyclic) bond motifs is 1. The predicted octanol–water partition coefficient (Wildman–Crippen LogP) is -1.09. The van der Waals surface area contributed by atoms with Gasteiger partial charge in [0, 0.05) is 24.3 Å². The molecule has 78 heavy (non-hydrogen) atoms. The Morgan fingerprint density at radius 1 is 0.564 bits per heavy atom. The van der Waals surface area contributed by atoms with Crippen molar-refractivity contribution in [1.29, 1.82) is 0 Å². The second-order valence-corrected chi connectivity index (χ2v) is 18.2. The largest absolute Gasteiger partial charge is 0.571 e. The number of aliphatic hydroxyl groups excluding tert-OH is 9. The van der Waals surface area contributed by atoms with Crippen molar-refractivity contribution in [2.75, 3.05) is 26.9 Å². The zero-order valence-electron chi connectivity index (χ0n) is 40.9. The minimum Gasteiger partial charge on any atom is -0.571 e. The quantitative estimate of drug-likeness (QED) is 0.0258. The number of phenols is 5. The van der Waals surface area contributed by atoms with Crippen molar-refractivity contribution in [2.45, 2.75) is 98.2 Å². The molecule has 1 unspecified atom stereocenters. The summed E-state index contributed by atoms with van der Waals surface area (Å²) < 4.78 is 56.5. The highest BCUT2D eigenvalue weighted by molar-refractivity contribution is 5.87. The Hall–Kier alpha value is -7.28. The highest BCUT2D eigenvalue weighted by atomic mass is 16.8. The van der Waals surface area contributed by atoms with Gasteiger partial charge in [-0.3, -0.25) is 0 Å². The maximum absolute atomic E-state index is 13.0. The normalized spacial score (nSPS) is 30.9. The lowest BCUT2D eigenvalue weighted by atomic mass is 9.97. The van der Waals surface area contributed by atoms with Gasteiger partial charge < -0.3 is 119 Å². The summed E-state index contributed by atoms with van der Waals surface area (Å²) >= 11 is 0. The highest BCUT2D eigenvalue weighted by Crippen LogP contribution is 2.47. The number of hydrogen-bond acceptors (Lipinski definition) is 25. The molecule has 16 atom stereocenters. The van der Waals surface area contributed by atoms with Crippen LogP contribution in [0.15, 0.2) is 90.7 Å². The Bertz CT molecular complexity index is 2840. The molecule has 26 heteroatoms. The molecular formula is C52H57O26+. The monoisotopic (exact) mass is 1100 g/mol. The van der Waals surface area contributed by atoms with Crippen molar-refractivity contribution in [2.24, 2.45) is 0 Å². The number of aliphatic hydroxyl groups is 10. The summed E-state index contributed by atoms with van der Waals surface area (Å²) in [7, 11) is 1.33. The fraction of sp³-hybridized carbons (Fsp3) is 0.385. The molecule has 0 bridgehead atoms. The van der Waals surface area contributed by atoms with Crippen LogP contribution in [0.2, 0.25) is 0 Å². The standard InChI is InChI=1S/C52H56O26/c1-69-33-15-23(3-11-29(33)57)5-13-39(60)71-21-37-42(63)45(66)49(78-51-47(68)44(65)41(62)36(76-51)20-70-38(59)12-4-22-2-10-28(56)30(58)14-22)52(77-37)74-34-18-27-31(72-48(34)24-6-8-25(54)9-7-24)16-26(55)17-32(27)73-50-46(67)43(64)40(61)35(19-53)75-50/h2-18,35-37,40-58,61-68H,19-21H2,1H3/p+1/b12-4+,13-5+/t35-,36-,37-,40-,41-,42-,43+,44+,45+,46-,47-,48?,49-,50-,51+,52-/m1/s1. The van der Waals surface area contributed by atoms with Crippen LogP contribution in [0, 0.1) is 0 Å².